The van der Waals surface area contributed by atoms with Gasteiger partial charge in [-0.25, -0.2) is 9.37 Å². The Kier molecular flexibility index (Phi) is 3.58. The van der Waals surface area contributed by atoms with Gasteiger partial charge in [0.25, 0.3) is 0 Å². The Morgan fingerprint density at radius 3 is 3.00 bits per heavy atom. The quantitative estimate of drug-likeness (QED) is 0.851. The molecule has 0 spiro atoms. The molecule has 3 nitrogen and oxygen atoms in total. The van der Waals surface area contributed by atoms with Gasteiger partial charge in [-0.1, -0.05) is 6.07 Å². The van der Waals surface area contributed by atoms with Crippen molar-refractivity contribution in [2.75, 3.05) is 12.3 Å². The number of anilines is 1. The van der Waals surface area contributed by atoms with Crippen molar-refractivity contribution in [1.82, 2.24) is 4.98 Å². The summed E-state index contributed by atoms with van der Waals surface area (Å²) < 4.78 is 18.6. The summed E-state index contributed by atoms with van der Waals surface area (Å²) in [5.41, 5.74) is 8.45. The summed E-state index contributed by atoms with van der Waals surface area (Å²) in [6, 6.07) is 4.56. The lowest BCUT2D eigenvalue weighted by Crippen LogP contribution is -2.04. The Balaban J connectivity index is 1.95. The van der Waals surface area contributed by atoms with Gasteiger partial charge in [0, 0.05) is 11.3 Å². The third-order valence-corrected chi connectivity index (χ3v) is 3.44. The second kappa shape index (κ2) is 5.14. The molecular formula is C12H13FN2OS. The Hall–Kier alpha value is -1.62. The van der Waals surface area contributed by atoms with Gasteiger partial charge >= 0.3 is 0 Å². The van der Waals surface area contributed by atoms with Crippen molar-refractivity contribution < 1.29 is 9.13 Å². The molecule has 0 saturated heterocycles. The molecule has 0 fully saturated rings. The summed E-state index contributed by atoms with van der Waals surface area (Å²) >= 11 is 1.60. The van der Waals surface area contributed by atoms with E-state index in [2.05, 4.69) is 4.98 Å². The lowest BCUT2D eigenvalue weighted by Gasteiger charge is -2.08. The summed E-state index contributed by atoms with van der Waals surface area (Å²) in [6.45, 7) is 2.43. The molecule has 2 N–H and O–H groups in total. The maximum Gasteiger partial charge on any atom is 0.149 e. The Bertz CT molecular complexity index is 513. The van der Waals surface area contributed by atoms with Crippen LogP contribution in [0.15, 0.2) is 23.7 Å². The molecule has 5 heteroatoms. The number of hydrogen-bond acceptors (Lipinski definition) is 4. The van der Waals surface area contributed by atoms with Gasteiger partial charge in [0.1, 0.15) is 17.3 Å². The van der Waals surface area contributed by atoms with Gasteiger partial charge in [0.15, 0.2) is 0 Å². The zero-order chi connectivity index (χ0) is 12.3. The van der Waals surface area contributed by atoms with Crippen molar-refractivity contribution in [2.45, 2.75) is 13.3 Å². The van der Waals surface area contributed by atoms with E-state index in [-0.39, 0.29) is 5.69 Å². The third-order valence-electron chi connectivity index (χ3n) is 2.44. The number of halogens is 1. The van der Waals surface area contributed by atoms with Crippen molar-refractivity contribution in [3.05, 3.63) is 40.1 Å². The van der Waals surface area contributed by atoms with E-state index in [1.807, 2.05) is 6.92 Å². The summed E-state index contributed by atoms with van der Waals surface area (Å²) in [5.74, 6) is -0.0522. The highest BCUT2D eigenvalue weighted by Crippen LogP contribution is 2.24. The number of rotatable bonds is 4. The van der Waals surface area contributed by atoms with Crippen molar-refractivity contribution in [2.24, 2.45) is 0 Å². The Labute approximate surface area is 103 Å². The van der Waals surface area contributed by atoms with Crippen LogP contribution in [-0.4, -0.2) is 11.6 Å². The first-order chi connectivity index (χ1) is 8.18. The van der Waals surface area contributed by atoms with Gasteiger partial charge in [0.05, 0.1) is 17.8 Å². The Morgan fingerprint density at radius 1 is 1.47 bits per heavy atom. The van der Waals surface area contributed by atoms with E-state index in [1.54, 1.807) is 29.0 Å². The normalized spacial score (nSPS) is 10.5. The smallest absolute Gasteiger partial charge is 0.149 e. The number of nitrogens with two attached hydrogens (primary N) is 1. The van der Waals surface area contributed by atoms with Gasteiger partial charge in [-0.05, 0) is 19.1 Å². The molecule has 2 rings (SSSR count). The molecule has 0 aliphatic rings. The van der Waals surface area contributed by atoms with E-state index in [4.69, 9.17) is 10.5 Å². The second-order valence-electron chi connectivity index (χ2n) is 3.61. The number of nitrogens with zero attached hydrogens (tertiary/aromatic N) is 1. The molecule has 2 aromatic rings. The second-order valence-corrected chi connectivity index (χ2v) is 4.55. The van der Waals surface area contributed by atoms with E-state index >= 15 is 0 Å². The number of thiazole rings is 1. The molecule has 0 amide bonds. The molecule has 0 saturated carbocycles. The molecule has 1 aromatic carbocycles. The average Bonchev–Trinajstić information content (AvgIpc) is 2.71. The number of benzene rings is 1. The summed E-state index contributed by atoms with van der Waals surface area (Å²) in [7, 11) is 0. The zero-order valence-electron chi connectivity index (χ0n) is 9.44. The SMILES string of the molecule is Cc1ncsc1CCOc1cccc(F)c1N. The van der Waals surface area contributed by atoms with Crippen molar-refractivity contribution in [3.63, 3.8) is 0 Å². The van der Waals surface area contributed by atoms with E-state index in [0.717, 1.165) is 12.1 Å². The topological polar surface area (TPSA) is 48.1 Å². The lowest BCUT2D eigenvalue weighted by molar-refractivity contribution is 0.323. The van der Waals surface area contributed by atoms with Crippen LogP contribution in [0, 0.1) is 12.7 Å². The van der Waals surface area contributed by atoms with Crippen LogP contribution in [0.1, 0.15) is 10.6 Å². The number of aromatic nitrogens is 1. The maximum atomic E-state index is 13.1. The minimum atomic E-state index is -0.448. The molecule has 0 radical (unpaired) electrons. The molecule has 0 unspecified atom stereocenters. The largest absolute Gasteiger partial charge is 0.491 e. The molecule has 90 valence electrons. The highest BCUT2D eigenvalue weighted by Gasteiger charge is 2.06. The molecular weight excluding hydrogens is 239 g/mol. The average molecular weight is 252 g/mol. The Morgan fingerprint density at radius 2 is 2.29 bits per heavy atom. The summed E-state index contributed by atoms with van der Waals surface area (Å²) in [5, 5.41) is 0. The molecule has 1 aromatic heterocycles. The van der Waals surface area contributed by atoms with E-state index in [9.17, 15) is 4.39 Å². The highest BCUT2D eigenvalue weighted by atomic mass is 32.1. The highest BCUT2D eigenvalue weighted by molar-refractivity contribution is 7.09. The van der Waals surface area contributed by atoms with Crippen LogP contribution >= 0.6 is 11.3 Å². The first-order valence-corrected chi connectivity index (χ1v) is 6.12. The lowest BCUT2D eigenvalue weighted by atomic mass is 10.3. The molecule has 0 aliphatic carbocycles. The maximum absolute atomic E-state index is 13.1. The van der Waals surface area contributed by atoms with Crippen LogP contribution in [0.3, 0.4) is 0 Å². The van der Waals surface area contributed by atoms with Crippen LogP contribution in [0.2, 0.25) is 0 Å². The number of para-hydroxylation sites is 1. The van der Waals surface area contributed by atoms with Gasteiger partial charge in [-0.15, -0.1) is 11.3 Å². The molecule has 17 heavy (non-hydrogen) atoms. The van der Waals surface area contributed by atoms with Gasteiger partial charge in [-0.3, -0.25) is 0 Å². The monoisotopic (exact) mass is 252 g/mol. The minimum absolute atomic E-state index is 0.0635. The van der Waals surface area contributed by atoms with Gasteiger partial charge in [0.2, 0.25) is 0 Å². The van der Waals surface area contributed by atoms with Gasteiger partial charge in [-0.2, -0.15) is 0 Å². The van der Waals surface area contributed by atoms with Crippen LogP contribution in [0.5, 0.6) is 5.75 Å². The fourth-order valence-electron chi connectivity index (χ4n) is 1.46. The molecule has 0 aliphatic heterocycles. The first kappa shape index (κ1) is 11.9. The van der Waals surface area contributed by atoms with Crippen LogP contribution in [0.25, 0.3) is 0 Å². The third kappa shape index (κ3) is 2.74. The van der Waals surface area contributed by atoms with Gasteiger partial charge < -0.3 is 10.5 Å². The summed E-state index contributed by atoms with van der Waals surface area (Å²) in [4.78, 5) is 5.33. The van der Waals surface area contributed by atoms with Crippen LogP contribution in [-0.2, 0) is 6.42 Å². The summed E-state index contributed by atoms with van der Waals surface area (Å²) in [6.07, 6.45) is 0.756. The fraction of sp³-hybridized carbons (Fsp3) is 0.250. The van der Waals surface area contributed by atoms with E-state index in [0.29, 0.717) is 12.4 Å². The number of hydrogen-bond donors (Lipinski definition) is 1. The number of nitrogen functional groups attached to an aromatic ring is 1. The van der Waals surface area contributed by atoms with E-state index in [1.165, 1.54) is 10.9 Å². The van der Waals surface area contributed by atoms with Crippen LogP contribution < -0.4 is 10.5 Å². The van der Waals surface area contributed by atoms with Crippen molar-refractivity contribution in [3.8, 4) is 5.75 Å². The minimum Gasteiger partial charge on any atom is -0.491 e. The first-order valence-electron chi connectivity index (χ1n) is 5.24. The van der Waals surface area contributed by atoms with Crippen LogP contribution in [0.4, 0.5) is 10.1 Å². The molecule has 0 atom stereocenters. The number of ether oxygens (including phenoxy) is 1. The number of aryl methyl sites for hydroxylation is 1. The van der Waals surface area contributed by atoms with Crippen molar-refractivity contribution >= 4 is 17.0 Å². The standard InChI is InChI=1S/C12H13FN2OS/c1-8-11(17-7-15-8)5-6-16-10-4-2-3-9(13)12(10)14/h2-4,7H,5-6,14H2,1H3. The van der Waals surface area contributed by atoms with E-state index < -0.39 is 5.82 Å². The zero-order valence-corrected chi connectivity index (χ0v) is 10.3. The predicted octanol–water partition coefficient (Wildman–Crippen LogP) is 2.79. The molecule has 0 bridgehead atoms. The molecule has 1 heterocycles. The van der Waals surface area contributed by atoms with Crippen molar-refractivity contribution in [1.29, 1.82) is 0 Å². The predicted molar refractivity (Wildman–Crippen MR) is 66.9 cm³/mol. The fourth-order valence-corrected chi connectivity index (χ4v) is 2.23.